The first-order valence-corrected chi connectivity index (χ1v) is 26.1. The highest BCUT2D eigenvalue weighted by Gasteiger charge is 2.46. The molecule has 3 aromatic carbocycles. The third-order valence-corrected chi connectivity index (χ3v) is 23.1. The van der Waals surface area contributed by atoms with Crippen LogP contribution in [0.4, 0.5) is 35.1 Å². The Morgan fingerprint density at radius 3 is 1.27 bits per heavy atom. The molecule has 0 heterocycles. The van der Waals surface area contributed by atoms with Gasteiger partial charge in [-0.25, -0.2) is 35.1 Å². The van der Waals surface area contributed by atoms with Gasteiger partial charge in [0.25, 0.3) is 0 Å². The SMILES string of the molecule is CC[Si](CC)(CC)OC1(c2ccc(C3=C(F)C(F)C(I)C(F)=C3F)cc2)C=CC(O[Si](CC)(CC)CC)(c2ccc(-c3c(F)c(F)c(I)c(F)c3F)cc2)C=C1. The van der Waals surface area contributed by atoms with Crippen molar-refractivity contribution in [3.63, 3.8) is 0 Å². The van der Waals surface area contributed by atoms with Crippen molar-refractivity contribution in [1.29, 1.82) is 0 Å². The summed E-state index contributed by atoms with van der Waals surface area (Å²) >= 11 is 2.57. The molecule has 0 amide bonds. The zero-order chi connectivity index (χ0) is 41.4. The van der Waals surface area contributed by atoms with Crippen LogP contribution in [0.5, 0.6) is 0 Å². The molecule has 0 aliphatic heterocycles. The first kappa shape index (κ1) is 45.0. The van der Waals surface area contributed by atoms with Crippen LogP contribution in [0.3, 0.4) is 0 Å². The molecule has 14 heteroatoms. The number of hydrogen-bond donors (Lipinski definition) is 0. The van der Waals surface area contributed by atoms with E-state index in [1.165, 1.54) is 69.4 Å². The summed E-state index contributed by atoms with van der Waals surface area (Å²) in [5.74, 6) is -10.1. The van der Waals surface area contributed by atoms with Crippen LogP contribution in [0, 0.1) is 26.8 Å². The van der Waals surface area contributed by atoms with E-state index in [2.05, 4.69) is 41.5 Å². The maximum Gasteiger partial charge on any atom is 0.194 e. The number of halogens is 10. The topological polar surface area (TPSA) is 18.5 Å². The van der Waals surface area contributed by atoms with E-state index < -0.39 is 93.4 Å². The third kappa shape index (κ3) is 7.96. The van der Waals surface area contributed by atoms with E-state index in [1.807, 2.05) is 24.3 Å². The van der Waals surface area contributed by atoms with E-state index in [9.17, 15) is 17.6 Å². The summed E-state index contributed by atoms with van der Waals surface area (Å²) in [5.41, 5.74) is -2.84. The van der Waals surface area contributed by atoms with Crippen molar-refractivity contribution in [2.24, 2.45) is 0 Å². The third-order valence-electron chi connectivity index (χ3n) is 11.7. The summed E-state index contributed by atoms with van der Waals surface area (Å²) < 4.78 is 131. The van der Waals surface area contributed by atoms with Crippen molar-refractivity contribution in [2.75, 3.05) is 0 Å². The Labute approximate surface area is 353 Å². The predicted octanol–water partition coefficient (Wildman–Crippen LogP) is 14.8. The summed E-state index contributed by atoms with van der Waals surface area (Å²) in [5, 5.41) is 0. The minimum absolute atomic E-state index is 0.0306. The van der Waals surface area contributed by atoms with E-state index in [4.69, 9.17) is 8.85 Å². The van der Waals surface area contributed by atoms with Gasteiger partial charge in [0.15, 0.2) is 57.7 Å². The Kier molecular flexibility index (Phi) is 14.1. The fourth-order valence-electron chi connectivity index (χ4n) is 7.55. The van der Waals surface area contributed by atoms with Gasteiger partial charge < -0.3 is 8.85 Å². The minimum Gasteiger partial charge on any atom is -0.401 e. The molecule has 5 rings (SSSR count). The molecule has 0 bridgehead atoms. The van der Waals surface area contributed by atoms with E-state index in [0.29, 0.717) is 11.1 Å². The van der Waals surface area contributed by atoms with Crippen molar-refractivity contribution in [2.45, 2.75) is 99.1 Å². The zero-order valence-electron chi connectivity index (χ0n) is 31.9. The average molecular weight is 1040 g/mol. The molecule has 0 fully saturated rings. The highest BCUT2D eigenvalue weighted by atomic mass is 127. The standard InChI is InChI=1S/C42H44F8I2O2Si2/c1-7-55(8-2,9-3)53-41(27-17-13-25(14-18-27)29-31(43)35(47)39(51)36(48)32(29)44)21-23-42(24-22-41,54-56(10-4,11-5)12-6)28-19-15-26(16-20-28)30-33(45)37(49)40(52)38(50)34(30)46/h13-24,35,39H,7-12H2,1-6H3. The molecule has 0 spiro atoms. The lowest BCUT2D eigenvalue weighted by molar-refractivity contribution is 0.121. The lowest BCUT2D eigenvalue weighted by atomic mass is 9.81. The molecule has 3 aromatic rings. The summed E-state index contributed by atoms with van der Waals surface area (Å²) in [7, 11) is -4.84. The Morgan fingerprint density at radius 2 is 0.911 bits per heavy atom. The van der Waals surface area contributed by atoms with Crippen LogP contribution in [-0.4, -0.2) is 26.7 Å². The van der Waals surface area contributed by atoms with Crippen LogP contribution in [0.2, 0.25) is 36.3 Å². The van der Waals surface area contributed by atoms with Gasteiger partial charge >= 0.3 is 0 Å². The van der Waals surface area contributed by atoms with E-state index in [-0.39, 0.29) is 11.1 Å². The first-order valence-electron chi connectivity index (χ1n) is 18.8. The molecule has 2 unspecified atom stereocenters. The fourth-order valence-corrected chi connectivity index (χ4v) is 14.4. The highest BCUT2D eigenvalue weighted by Crippen LogP contribution is 2.48. The van der Waals surface area contributed by atoms with Gasteiger partial charge in [0.2, 0.25) is 0 Å². The number of hydrogen-bond acceptors (Lipinski definition) is 2. The Hall–Kier alpha value is -2.13. The number of allylic oxidation sites excluding steroid dienone is 4. The predicted molar refractivity (Wildman–Crippen MR) is 229 cm³/mol. The van der Waals surface area contributed by atoms with E-state index in [1.54, 1.807) is 24.3 Å². The molecule has 0 saturated carbocycles. The molecule has 2 atom stereocenters. The summed E-state index contributed by atoms with van der Waals surface area (Å²) in [4.78, 5) is 0. The van der Waals surface area contributed by atoms with Crippen molar-refractivity contribution in [1.82, 2.24) is 0 Å². The Bertz CT molecular complexity index is 2000. The smallest absolute Gasteiger partial charge is 0.194 e. The molecule has 2 aliphatic carbocycles. The van der Waals surface area contributed by atoms with Crippen LogP contribution < -0.4 is 0 Å². The monoisotopic (exact) mass is 1040 g/mol. The van der Waals surface area contributed by atoms with E-state index >= 15 is 17.6 Å². The second kappa shape index (κ2) is 17.6. The van der Waals surface area contributed by atoms with Gasteiger partial charge in [-0.3, -0.25) is 0 Å². The average Bonchev–Trinajstić information content (AvgIpc) is 3.23. The molecule has 2 aliphatic rings. The minimum atomic E-state index is -2.42. The van der Waals surface area contributed by atoms with Gasteiger partial charge in [-0.2, -0.15) is 0 Å². The lowest BCUT2D eigenvalue weighted by Gasteiger charge is -2.46. The quantitative estimate of drug-likeness (QED) is 0.0305. The number of alkyl halides is 2. The molecule has 302 valence electrons. The Balaban J connectivity index is 1.67. The van der Waals surface area contributed by atoms with Crippen molar-refractivity contribution < 1.29 is 44.0 Å². The number of rotatable bonds is 14. The highest BCUT2D eigenvalue weighted by molar-refractivity contribution is 14.1. The summed E-state index contributed by atoms with van der Waals surface area (Å²) in [6, 6.07) is 16.9. The maximum absolute atomic E-state index is 15.1. The van der Waals surface area contributed by atoms with Crippen molar-refractivity contribution >= 4 is 67.4 Å². The van der Waals surface area contributed by atoms with Crippen LogP contribution in [0.1, 0.15) is 58.2 Å². The molecular formula is C42H44F8I2O2Si2. The Morgan fingerprint density at radius 1 is 0.554 bits per heavy atom. The largest absolute Gasteiger partial charge is 0.401 e. The normalized spacial score (nSPS) is 23.1. The second-order valence-electron chi connectivity index (χ2n) is 14.2. The molecule has 2 nitrogen and oxygen atoms in total. The van der Waals surface area contributed by atoms with Gasteiger partial charge in [0.1, 0.15) is 21.0 Å². The maximum atomic E-state index is 15.1. The van der Waals surface area contributed by atoms with E-state index in [0.717, 1.165) is 36.3 Å². The van der Waals surface area contributed by atoms with Gasteiger partial charge in [-0.15, -0.1) is 0 Å². The molecule has 0 aromatic heterocycles. The van der Waals surface area contributed by atoms with Crippen molar-refractivity contribution in [3.8, 4) is 11.1 Å². The lowest BCUT2D eigenvalue weighted by Crippen LogP contribution is -2.48. The molecule has 0 radical (unpaired) electrons. The van der Waals surface area contributed by atoms with Gasteiger partial charge in [0.05, 0.1) is 14.7 Å². The van der Waals surface area contributed by atoms with Crippen molar-refractivity contribution in [3.05, 3.63) is 134 Å². The summed E-state index contributed by atoms with van der Waals surface area (Å²) in [6.07, 6.45) is 5.22. The van der Waals surface area contributed by atoms with Crippen LogP contribution in [-0.2, 0) is 20.1 Å². The van der Waals surface area contributed by atoms with Crippen LogP contribution in [0.25, 0.3) is 16.7 Å². The van der Waals surface area contributed by atoms with Crippen LogP contribution >= 0.6 is 45.2 Å². The van der Waals surface area contributed by atoms with Gasteiger partial charge in [-0.1, -0.05) is 113 Å². The fraction of sp³-hybridized carbons (Fsp3) is 0.381. The number of benzene rings is 3. The zero-order valence-corrected chi connectivity index (χ0v) is 38.2. The summed E-state index contributed by atoms with van der Waals surface area (Å²) in [6.45, 7) is 12.5. The van der Waals surface area contributed by atoms with Gasteiger partial charge in [-0.05, 0) is 105 Å². The molecular weight excluding hydrogens is 998 g/mol. The first-order chi connectivity index (χ1) is 26.5. The molecule has 0 saturated heterocycles. The van der Waals surface area contributed by atoms with Gasteiger partial charge in [0, 0.05) is 0 Å². The molecule has 0 N–H and O–H groups in total. The molecule has 56 heavy (non-hydrogen) atoms. The van der Waals surface area contributed by atoms with Crippen LogP contribution in [0.15, 0.2) is 90.3 Å². The second-order valence-corrected chi connectivity index (χ2v) is 26.0.